The molecule has 0 fully saturated rings. The Morgan fingerprint density at radius 3 is 2.47 bits per heavy atom. The van der Waals surface area contributed by atoms with Gasteiger partial charge in [0.1, 0.15) is 12.4 Å². The highest BCUT2D eigenvalue weighted by Gasteiger charge is 1.97. The van der Waals surface area contributed by atoms with Crippen molar-refractivity contribution in [3.05, 3.63) is 29.8 Å². The van der Waals surface area contributed by atoms with E-state index in [-0.39, 0.29) is 0 Å². The van der Waals surface area contributed by atoms with Crippen molar-refractivity contribution in [3.63, 3.8) is 0 Å². The first-order valence-electron chi connectivity index (χ1n) is 6.37. The zero-order valence-electron chi connectivity index (χ0n) is 11.2. The summed E-state index contributed by atoms with van der Waals surface area (Å²) in [6, 6.07) is 8.31. The Balaban J connectivity index is 2.30. The molecule has 1 aromatic carbocycles. The first kappa shape index (κ1) is 14.0. The molecular formula is C14H24N2O. The van der Waals surface area contributed by atoms with Gasteiger partial charge in [-0.2, -0.15) is 0 Å². The topological polar surface area (TPSA) is 24.5 Å². The van der Waals surface area contributed by atoms with Crippen LogP contribution in [-0.2, 0) is 6.54 Å². The number of benzene rings is 1. The van der Waals surface area contributed by atoms with Gasteiger partial charge in [-0.15, -0.1) is 0 Å². The normalized spacial score (nSPS) is 10.8. The van der Waals surface area contributed by atoms with E-state index in [0.29, 0.717) is 0 Å². The van der Waals surface area contributed by atoms with E-state index in [9.17, 15) is 0 Å². The van der Waals surface area contributed by atoms with Gasteiger partial charge in [0, 0.05) is 13.1 Å². The second-order valence-corrected chi connectivity index (χ2v) is 4.17. The van der Waals surface area contributed by atoms with Crippen LogP contribution >= 0.6 is 0 Å². The zero-order valence-corrected chi connectivity index (χ0v) is 11.2. The quantitative estimate of drug-likeness (QED) is 0.748. The van der Waals surface area contributed by atoms with Gasteiger partial charge < -0.3 is 15.0 Å². The molecule has 3 nitrogen and oxygen atoms in total. The van der Waals surface area contributed by atoms with E-state index in [0.717, 1.165) is 38.5 Å². The van der Waals surface area contributed by atoms with Crippen molar-refractivity contribution in [2.75, 3.05) is 33.3 Å². The maximum Gasteiger partial charge on any atom is 0.119 e. The van der Waals surface area contributed by atoms with Crippen molar-refractivity contribution in [1.82, 2.24) is 10.2 Å². The maximum atomic E-state index is 5.68. The van der Waals surface area contributed by atoms with Crippen LogP contribution in [0.4, 0.5) is 0 Å². The summed E-state index contributed by atoms with van der Waals surface area (Å²) in [5, 5.41) is 3.30. The molecule has 0 heterocycles. The van der Waals surface area contributed by atoms with Crippen LogP contribution < -0.4 is 10.1 Å². The summed E-state index contributed by atoms with van der Waals surface area (Å²) in [4.78, 5) is 2.24. The van der Waals surface area contributed by atoms with Crippen LogP contribution in [0.3, 0.4) is 0 Å². The van der Waals surface area contributed by atoms with E-state index in [4.69, 9.17) is 4.74 Å². The Bertz CT molecular complexity index is 298. The Morgan fingerprint density at radius 1 is 1.18 bits per heavy atom. The number of nitrogens with zero attached hydrogens (tertiary/aromatic N) is 1. The molecule has 0 saturated heterocycles. The van der Waals surface area contributed by atoms with Crippen LogP contribution in [-0.4, -0.2) is 38.2 Å². The van der Waals surface area contributed by atoms with Gasteiger partial charge in [0.25, 0.3) is 0 Å². The van der Waals surface area contributed by atoms with Gasteiger partial charge in [-0.05, 0) is 37.8 Å². The summed E-state index contributed by atoms with van der Waals surface area (Å²) in [5.41, 5.74) is 1.30. The molecule has 0 aromatic heterocycles. The molecule has 0 aliphatic carbocycles. The molecule has 96 valence electrons. The second kappa shape index (κ2) is 8.09. The van der Waals surface area contributed by atoms with Crippen molar-refractivity contribution in [2.45, 2.75) is 20.4 Å². The maximum absolute atomic E-state index is 5.68. The molecule has 0 aliphatic heterocycles. The standard InChI is InChI=1S/C14H24N2O/c1-4-15-12-13-6-8-14(9-7-13)17-11-10-16(3)5-2/h6-9,15H,4-5,10-12H2,1-3H3. The van der Waals surface area contributed by atoms with E-state index in [1.165, 1.54) is 5.56 Å². The molecule has 1 rings (SSSR count). The molecule has 3 heteroatoms. The Kier molecular flexibility index (Phi) is 6.67. The van der Waals surface area contributed by atoms with Gasteiger partial charge in [-0.3, -0.25) is 0 Å². The minimum Gasteiger partial charge on any atom is -0.492 e. The fraction of sp³-hybridized carbons (Fsp3) is 0.571. The van der Waals surface area contributed by atoms with Gasteiger partial charge >= 0.3 is 0 Å². The number of rotatable bonds is 8. The smallest absolute Gasteiger partial charge is 0.119 e. The molecule has 0 atom stereocenters. The summed E-state index contributed by atoms with van der Waals surface area (Å²) in [5.74, 6) is 0.953. The number of nitrogens with one attached hydrogen (secondary N) is 1. The molecule has 0 bridgehead atoms. The molecule has 0 aliphatic rings. The van der Waals surface area contributed by atoms with E-state index in [1.54, 1.807) is 0 Å². The highest BCUT2D eigenvalue weighted by molar-refractivity contribution is 5.27. The van der Waals surface area contributed by atoms with E-state index in [2.05, 4.69) is 43.2 Å². The molecule has 1 aromatic rings. The average Bonchev–Trinajstić information content (AvgIpc) is 2.37. The number of hydrogen-bond acceptors (Lipinski definition) is 3. The third-order valence-electron chi connectivity index (χ3n) is 2.78. The van der Waals surface area contributed by atoms with E-state index in [1.807, 2.05) is 12.1 Å². The number of likely N-dealkylation sites (N-methyl/N-ethyl adjacent to an activating group) is 1. The lowest BCUT2D eigenvalue weighted by atomic mass is 10.2. The van der Waals surface area contributed by atoms with Crippen molar-refractivity contribution < 1.29 is 4.74 Å². The predicted molar refractivity (Wildman–Crippen MR) is 72.5 cm³/mol. The van der Waals surface area contributed by atoms with Crippen molar-refractivity contribution in [3.8, 4) is 5.75 Å². The lowest BCUT2D eigenvalue weighted by Crippen LogP contribution is -2.23. The first-order valence-corrected chi connectivity index (χ1v) is 6.37. The molecule has 0 radical (unpaired) electrons. The molecule has 0 unspecified atom stereocenters. The Hall–Kier alpha value is -1.06. The molecule has 0 saturated carbocycles. The third-order valence-corrected chi connectivity index (χ3v) is 2.78. The monoisotopic (exact) mass is 236 g/mol. The summed E-state index contributed by atoms with van der Waals surface area (Å²) in [6.45, 7) is 8.96. The van der Waals surface area contributed by atoms with Crippen LogP contribution in [0.15, 0.2) is 24.3 Å². The van der Waals surface area contributed by atoms with Crippen LogP contribution in [0.2, 0.25) is 0 Å². The van der Waals surface area contributed by atoms with Crippen molar-refractivity contribution >= 4 is 0 Å². The number of ether oxygens (including phenoxy) is 1. The SMILES string of the molecule is CCNCc1ccc(OCCN(C)CC)cc1. The molecule has 0 spiro atoms. The lowest BCUT2D eigenvalue weighted by molar-refractivity contribution is 0.244. The molecule has 1 N–H and O–H groups in total. The molecular weight excluding hydrogens is 212 g/mol. The fourth-order valence-corrected chi connectivity index (χ4v) is 1.45. The van der Waals surface area contributed by atoms with Crippen LogP contribution in [0.5, 0.6) is 5.75 Å². The highest BCUT2D eigenvalue weighted by Crippen LogP contribution is 2.11. The second-order valence-electron chi connectivity index (χ2n) is 4.17. The zero-order chi connectivity index (χ0) is 12.5. The minimum atomic E-state index is 0.747. The fourth-order valence-electron chi connectivity index (χ4n) is 1.45. The van der Waals surface area contributed by atoms with Gasteiger partial charge in [0.15, 0.2) is 0 Å². The van der Waals surface area contributed by atoms with Gasteiger partial charge in [0.2, 0.25) is 0 Å². The summed E-state index contributed by atoms with van der Waals surface area (Å²) in [6.07, 6.45) is 0. The van der Waals surface area contributed by atoms with Crippen LogP contribution in [0, 0.1) is 0 Å². The highest BCUT2D eigenvalue weighted by atomic mass is 16.5. The van der Waals surface area contributed by atoms with Gasteiger partial charge in [-0.1, -0.05) is 26.0 Å². The van der Waals surface area contributed by atoms with Crippen molar-refractivity contribution in [2.24, 2.45) is 0 Å². The Labute approximate surface area is 105 Å². The third kappa shape index (κ3) is 5.71. The molecule has 0 amide bonds. The summed E-state index contributed by atoms with van der Waals surface area (Å²) in [7, 11) is 2.10. The van der Waals surface area contributed by atoms with E-state index < -0.39 is 0 Å². The van der Waals surface area contributed by atoms with E-state index >= 15 is 0 Å². The molecule has 17 heavy (non-hydrogen) atoms. The van der Waals surface area contributed by atoms with Crippen LogP contribution in [0.1, 0.15) is 19.4 Å². The number of hydrogen-bond donors (Lipinski definition) is 1. The largest absolute Gasteiger partial charge is 0.492 e. The Morgan fingerprint density at radius 2 is 1.88 bits per heavy atom. The van der Waals surface area contributed by atoms with Crippen molar-refractivity contribution in [1.29, 1.82) is 0 Å². The minimum absolute atomic E-state index is 0.747. The lowest BCUT2D eigenvalue weighted by Gasteiger charge is -2.14. The predicted octanol–water partition coefficient (Wildman–Crippen LogP) is 2.13. The van der Waals surface area contributed by atoms with Gasteiger partial charge in [-0.25, -0.2) is 0 Å². The van der Waals surface area contributed by atoms with Crippen LogP contribution in [0.25, 0.3) is 0 Å². The summed E-state index contributed by atoms with van der Waals surface area (Å²) < 4.78 is 5.68. The summed E-state index contributed by atoms with van der Waals surface area (Å²) >= 11 is 0. The first-order chi connectivity index (χ1) is 8.26. The average molecular weight is 236 g/mol. The van der Waals surface area contributed by atoms with Gasteiger partial charge in [0.05, 0.1) is 0 Å².